The first kappa shape index (κ1) is 18.2. The minimum Gasteiger partial charge on any atom is -0.355 e. The lowest BCUT2D eigenvalue weighted by molar-refractivity contribution is 0.436. The van der Waals surface area contributed by atoms with Crippen LogP contribution in [0.3, 0.4) is 0 Å². The molecule has 0 aromatic heterocycles. The Morgan fingerprint density at radius 1 is 1.41 bits per heavy atom. The number of allylic oxidation sites excluding steroid dienone is 1. The molecule has 0 atom stereocenters. The van der Waals surface area contributed by atoms with Crippen LogP contribution in [0.2, 0.25) is 0 Å². The Balaban J connectivity index is 2.66. The molecule has 0 aliphatic rings. The predicted octanol–water partition coefficient (Wildman–Crippen LogP) is 3.58. The van der Waals surface area contributed by atoms with Crippen LogP contribution < -0.4 is 5.32 Å². The molecule has 0 fully saturated rings. The fraction of sp³-hybridized carbons (Fsp3) is 0.500. The summed E-state index contributed by atoms with van der Waals surface area (Å²) in [6.07, 6.45) is 3.95. The highest BCUT2D eigenvalue weighted by molar-refractivity contribution is 5.79. The summed E-state index contributed by atoms with van der Waals surface area (Å²) in [5, 5.41) is 3.35. The SMILES string of the molecule is C=CCCCN(C)C(=NC)NCC(C)(C)c1ccccc1F. The third-order valence-corrected chi connectivity index (χ3v) is 3.77. The maximum Gasteiger partial charge on any atom is 0.193 e. The fourth-order valence-corrected chi connectivity index (χ4v) is 2.37. The number of hydrogen-bond donors (Lipinski definition) is 1. The molecule has 0 radical (unpaired) electrons. The maximum atomic E-state index is 14.0. The molecule has 0 bridgehead atoms. The Bertz CT molecular complexity index is 509. The van der Waals surface area contributed by atoms with E-state index in [-0.39, 0.29) is 11.2 Å². The van der Waals surface area contributed by atoms with Crippen molar-refractivity contribution in [2.75, 3.05) is 27.2 Å². The molecule has 0 aliphatic carbocycles. The zero-order chi connectivity index (χ0) is 16.6. The monoisotopic (exact) mass is 305 g/mol. The molecule has 1 N–H and O–H groups in total. The zero-order valence-corrected chi connectivity index (χ0v) is 14.2. The van der Waals surface area contributed by atoms with Crippen molar-refractivity contribution in [3.05, 3.63) is 48.3 Å². The Labute approximate surface area is 133 Å². The molecular formula is C18H28FN3. The third-order valence-electron chi connectivity index (χ3n) is 3.77. The molecular weight excluding hydrogens is 277 g/mol. The number of guanidine groups is 1. The van der Waals surface area contributed by atoms with Crippen LogP contribution in [-0.4, -0.2) is 38.0 Å². The van der Waals surface area contributed by atoms with Crippen LogP contribution in [-0.2, 0) is 5.41 Å². The molecule has 1 aromatic rings. The first-order valence-electron chi connectivity index (χ1n) is 7.70. The van der Waals surface area contributed by atoms with Crippen molar-refractivity contribution in [1.82, 2.24) is 10.2 Å². The highest BCUT2D eigenvalue weighted by Crippen LogP contribution is 2.24. The summed E-state index contributed by atoms with van der Waals surface area (Å²) >= 11 is 0. The second-order valence-corrected chi connectivity index (χ2v) is 6.12. The number of nitrogens with one attached hydrogen (secondary N) is 1. The number of aliphatic imine (C=N–C) groups is 1. The van der Waals surface area contributed by atoms with Crippen molar-refractivity contribution in [2.45, 2.75) is 32.1 Å². The van der Waals surface area contributed by atoms with Crippen LogP contribution in [0.25, 0.3) is 0 Å². The van der Waals surface area contributed by atoms with Crippen molar-refractivity contribution in [1.29, 1.82) is 0 Å². The predicted molar refractivity (Wildman–Crippen MR) is 92.8 cm³/mol. The fourth-order valence-electron chi connectivity index (χ4n) is 2.37. The Hall–Kier alpha value is -1.84. The number of benzene rings is 1. The van der Waals surface area contributed by atoms with E-state index in [0.717, 1.165) is 25.3 Å². The first-order valence-corrected chi connectivity index (χ1v) is 7.70. The summed E-state index contributed by atoms with van der Waals surface area (Å²) in [7, 11) is 3.77. The highest BCUT2D eigenvalue weighted by atomic mass is 19.1. The number of hydrogen-bond acceptors (Lipinski definition) is 1. The smallest absolute Gasteiger partial charge is 0.193 e. The minimum atomic E-state index is -0.316. The summed E-state index contributed by atoms with van der Waals surface area (Å²) in [5.74, 6) is 0.664. The van der Waals surface area contributed by atoms with Crippen molar-refractivity contribution < 1.29 is 4.39 Å². The van der Waals surface area contributed by atoms with Gasteiger partial charge in [0.05, 0.1) is 0 Å². The van der Waals surface area contributed by atoms with E-state index in [1.165, 1.54) is 6.07 Å². The topological polar surface area (TPSA) is 27.6 Å². The van der Waals surface area contributed by atoms with Crippen LogP contribution in [0.5, 0.6) is 0 Å². The van der Waals surface area contributed by atoms with E-state index in [0.29, 0.717) is 12.1 Å². The second-order valence-electron chi connectivity index (χ2n) is 6.12. The Kier molecular flexibility index (Phi) is 7.09. The lowest BCUT2D eigenvalue weighted by atomic mass is 9.84. The molecule has 0 amide bonds. The quantitative estimate of drug-likeness (QED) is 0.361. The van der Waals surface area contributed by atoms with Gasteiger partial charge in [-0.05, 0) is 24.5 Å². The van der Waals surface area contributed by atoms with E-state index in [9.17, 15) is 4.39 Å². The highest BCUT2D eigenvalue weighted by Gasteiger charge is 2.24. The largest absolute Gasteiger partial charge is 0.355 e. The molecule has 0 saturated carbocycles. The summed E-state index contributed by atoms with van der Waals surface area (Å²) < 4.78 is 14.0. The summed E-state index contributed by atoms with van der Waals surface area (Å²) in [4.78, 5) is 6.38. The van der Waals surface area contributed by atoms with E-state index < -0.39 is 0 Å². The van der Waals surface area contributed by atoms with Gasteiger partial charge in [-0.3, -0.25) is 4.99 Å². The maximum absolute atomic E-state index is 14.0. The average Bonchev–Trinajstić information content (AvgIpc) is 2.48. The lowest BCUT2D eigenvalue weighted by Crippen LogP contribution is -2.44. The van der Waals surface area contributed by atoms with Crippen molar-refractivity contribution in [3.8, 4) is 0 Å². The van der Waals surface area contributed by atoms with Crippen molar-refractivity contribution in [2.24, 2.45) is 4.99 Å². The number of nitrogens with zero attached hydrogens (tertiary/aromatic N) is 2. The molecule has 0 unspecified atom stereocenters. The summed E-state index contributed by atoms with van der Waals surface area (Å²) in [5.41, 5.74) is 0.399. The van der Waals surface area contributed by atoms with Gasteiger partial charge < -0.3 is 10.2 Å². The first-order chi connectivity index (χ1) is 10.4. The van der Waals surface area contributed by atoms with Gasteiger partial charge in [-0.1, -0.05) is 38.1 Å². The van der Waals surface area contributed by atoms with Gasteiger partial charge in [0.2, 0.25) is 0 Å². The Morgan fingerprint density at radius 2 is 2.09 bits per heavy atom. The summed E-state index contributed by atoms with van der Waals surface area (Å²) in [6, 6.07) is 6.94. The second kappa shape index (κ2) is 8.57. The average molecular weight is 305 g/mol. The van der Waals surface area contributed by atoms with Crippen molar-refractivity contribution >= 4 is 5.96 Å². The van der Waals surface area contributed by atoms with E-state index in [1.54, 1.807) is 13.1 Å². The van der Waals surface area contributed by atoms with Gasteiger partial charge in [0.15, 0.2) is 5.96 Å². The van der Waals surface area contributed by atoms with Gasteiger partial charge in [-0.15, -0.1) is 6.58 Å². The van der Waals surface area contributed by atoms with Gasteiger partial charge >= 0.3 is 0 Å². The van der Waals surface area contributed by atoms with Gasteiger partial charge in [0.1, 0.15) is 5.82 Å². The molecule has 1 rings (SSSR count). The normalized spacial score (nSPS) is 12.1. The molecule has 0 aliphatic heterocycles. The van der Waals surface area contributed by atoms with E-state index in [2.05, 4.69) is 21.8 Å². The zero-order valence-electron chi connectivity index (χ0n) is 14.2. The minimum absolute atomic E-state index is 0.163. The van der Waals surface area contributed by atoms with E-state index >= 15 is 0 Å². The van der Waals surface area contributed by atoms with Crippen LogP contribution in [0, 0.1) is 5.82 Å². The Morgan fingerprint density at radius 3 is 2.68 bits per heavy atom. The molecule has 0 saturated heterocycles. The van der Waals surface area contributed by atoms with Crippen molar-refractivity contribution in [3.63, 3.8) is 0 Å². The van der Waals surface area contributed by atoms with Crippen LogP contribution in [0.15, 0.2) is 41.9 Å². The molecule has 0 spiro atoms. The van der Waals surface area contributed by atoms with Gasteiger partial charge in [-0.2, -0.15) is 0 Å². The van der Waals surface area contributed by atoms with Gasteiger partial charge in [-0.25, -0.2) is 4.39 Å². The third kappa shape index (κ3) is 5.17. The van der Waals surface area contributed by atoms with E-state index in [1.807, 2.05) is 39.1 Å². The lowest BCUT2D eigenvalue weighted by Gasteiger charge is -2.29. The van der Waals surface area contributed by atoms with Crippen LogP contribution in [0.1, 0.15) is 32.3 Å². The van der Waals surface area contributed by atoms with E-state index in [4.69, 9.17) is 0 Å². The number of unbranched alkanes of at least 4 members (excludes halogenated alkanes) is 1. The number of halogens is 1. The molecule has 4 heteroatoms. The molecule has 3 nitrogen and oxygen atoms in total. The number of rotatable bonds is 7. The summed E-state index contributed by atoms with van der Waals surface area (Å²) in [6.45, 7) is 9.32. The van der Waals surface area contributed by atoms with Crippen LogP contribution in [0.4, 0.5) is 4.39 Å². The molecule has 1 aromatic carbocycles. The van der Waals surface area contributed by atoms with Crippen LogP contribution >= 0.6 is 0 Å². The standard InChI is InChI=1S/C18H28FN3/c1-6-7-10-13-22(5)17(20-4)21-14-18(2,3)15-11-8-9-12-16(15)19/h6,8-9,11-12H,1,7,10,13-14H2,2-5H3,(H,20,21). The molecule has 22 heavy (non-hydrogen) atoms. The van der Waals surface area contributed by atoms with Gasteiger partial charge in [0.25, 0.3) is 0 Å². The molecule has 122 valence electrons. The molecule has 0 heterocycles. The van der Waals surface area contributed by atoms with Gasteiger partial charge in [0, 0.05) is 32.6 Å².